The minimum atomic E-state index is -0.758. The normalized spacial score (nSPS) is 13.0. The van der Waals surface area contributed by atoms with Gasteiger partial charge in [0.25, 0.3) is 0 Å². The molecule has 0 aliphatic rings. The maximum Gasteiger partial charge on any atom is 0.239 e. The van der Waals surface area contributed by atoms with E-state index in [9.17, 15) is 19.1 Å². The second-order valence-corrected chi connectivity index (χ2v) is 6.62. The Hall–Kier alpha value is -2.84. The van der Waals surface area contributed by atoms with Gasteiger partial charge < -0.3 is 15.7 Å². The Morgan fingerprint density at radius 1 is 1.18 bits per heavy atom. The molecule has 0 saturated heterocycles. The predicted octanol–water partition coefficient (Wildman–Crippen LogP) is 1.18. The van der Waals surface area contributed by atoms with Gasteiger partial charge in [0.2, 0.25) is 11.8 Å². The summed E-state index contributed by atoms with van der Waals surface area (Å²) in [5, 5.41) is 15.4. The topological polar surface area (TPSA) is 94.6 Å². The molecule has 2 amide bonds. The Labute approximate surface area is 163 Å². The van der Waals surface area contributed by atoms with Gasteiger partial charge in [-0.2, -0.15) is 0 Å². The van der Waals surface area contributed by atoms with Crippen LogP contribution in [-0.2, 0) is 9.59 Å². The van der Waals surface area contributed by atoms with Crippen molar-refractivity contribution >= 4 is 11.8 Å². The van der Waals surface area contributed by atoms with Crippen molar-refractivity contribution in [3.05, 3.63) is 65.7 Å². The highest BCUT2D eigenvalue weighted by molar-refractivity contribution is 5.85. The molecule has 150 valence electrons. The fourth-order valence-electron chi connectivity index (χ4n) is 2.65. The van der Waals surface area contributed by atoms with Gasteiger partial charge in [0.05, 0.1) is 25.2 Å². The Kier molecular flexibility index (Phi) is 8.03. The van der Waals surface area contributed by atoms with Gasteiger partial charge in [0.15, 0.2) is 0 Å². The molecule has 3 N–H and O–H groups in total. The summed E-state index contributed by atoms with van der Waals surface area (Å²) in [5.41, 5.74) is 1.44. The van der Waals surface area contributed by atoms with Gasteiger partial charge in [-0.15, -0.1) is 0 Å². The zero-order valence-corrected chi connectivity index (χ0v) is 15.9. The van der Waals surface area contributed by atoms with Crippen molar-refractivity contribution in [3.63, 3.8) is 0 Å². The van der Waals surface area contributed by atoms with Crippen LogP contribution in [-0.4, -0.2) is 53.5 Å². The van der Waals surface area contributed by atoms with E-state index in [1.165, 1.54) is 12.1 Å². The van der Waals surface area contributed by atoms with Gasteiger partial charge in [-0.05, 0) is 37.7 Å². The zero-order chi connectivity index (χ0) is 20.5. The van der Waals surface area contributed by atoms with Crippen LogP contribution in [0.1, 0.15) is 30.2 Å². The lowest BCUT2D eigenvalue weighted by atomic mass is 10.1. The van der Waals surface area contributed by atoms with Gasteiger partial charge in [-0.25, -0.2) is 4.39 Å². The van der Waals surface area contributed by atoms with Crippen LogP contribution in [0, 0.1) is 5.82 Å². The molecule has 1 aromatic heterocycles. The fraction of sp³-hybridized carbons (Fsp3) is 0.350. The number of amides is 2. The third kappa shape index (κ3) is 7.05. The number of benzene rings is 1. The third-order valence-corrected chi connectivity index (χ3v) is 4.16. The van der Waals surface area contributed by atoms with Crippen molar-refractivity contribution < 1.29 is 19.1 Å². The Morgan fingerprint density at radius 2 is 1.89 bits per heavy atom. The molecule has 28 heavy (non-hydrogen) atoms. The van der Waals surface area contributed by atoms with Gasteiger partial charge in [-0.1, -0.05) is 18.2 Å². The molecule has 2 atom stereocenters. The molecule has 0 fully saturated rings. The summed E-state index contributed by atoms with van der Waals surface area (Å²) in [6, 6.07) is 9.05. The van der Waals surface area contributed by atoms with E-state index in [1.54, 1.807) is 55.5 Å². The molecule has 2 aromatic rings. The van der Waals surface area contributed by atoms with Crippen LogP contribution in [0.3, 0.4) is 0 Å². The monoisotopic (exact) mass is 388 g/mol. The van der Waals surface area contributed by atoms with Crippen molar-refractivity contribution in [2.75, 3.05) is 26.7 Å². The lowest BCUT2D eigenvalue weighted by molar-refractivity contribution is -0.127. The molecule has 0 spiro atoms. The van der Waals surface area contributed by atoms with E-state index in [1.807, 2.05) is 0 Å². The summed E-state index contributed by atoms with van der Waals surface area (Å²) >= 11 is 0. The van der Waals surface area contributed by atoms with Crippen LogP contribution in [0.25, 0.3) is 0 Å². The van der Waals surface area contributed by atoms with Gasteiger partial charge in [0, 0.05) is 24.5 Å². The number of hydrogen-bond acceptors (Lipinski definition) is 5. The molecule has 0 radical (unpaired) electrons. The maximum absolute atomic E-state index is 12.9. The van der Waals surface area contributed by atoms with Gasteiger partial charge in [-0.3, -0.25) is 19.5 Å². The summed E-state index contributed by atoms with van der Waals surface area (Å²) in [7, 11) is 1.70. The van der Waals surface area contributed by atoms with Crippen molar-refractivity contribution in [1.29, 1.82) is 0 Å². The zero-order valence-electron chi connectivity index (χ0n) is 15.9. The SMILES string of the molecule is CC(NC(=O)CNC(=O)CN(C)CC(O)c1cccnc1)c1ccc(F)cc1. The molecule has 0 saturated carbocycles. The molecule has 0 aliphatic carbocycles. The number of nitrogens with one attached hydrogen (secondary N) is 2. The van der Waals surface area contributed by atoms with Crippen LogP contribution in [0.4, 0.5) is 4.39 Å². The number of aliphatic hydroxyl groups excluding tert-OH is 1. The second-order valence-electron chi connectivity index (χ2n) is 6.62. The lowest BCUT2D eigenvalue weighted by Crippen LogP contribution is -2.42. The van der Waals surface area contributed by atoms with Crippen LogP contribution in [0.15, 0.2) is 48.8 Å². The Bertz CT molecular complexity index is 771. The number of halogens is 1. The van der Waals surface area contributed by atoms with Crippen molar-refractivity contribution in [2.24, 2.45) is 0 Å². The smallest absolute Gasteiger partial charge is 0.239 e. The first-order valence-corrected chi connectivity index (χ1v) is 8.93. The summed E-state index contributed by atoms with van der Waals surface area (Å²) in [5.74, 6) is -1.01. The van der Waals surface area contributed by atoms with E-state index in [4.69, 9.17) is 0 Å². The van der Waals surface area contributed by atoms with E-state index >= 15 is 0 Å². The molecule has 1 aromatic carbocycles. The van der Waals surface area contributed by atoms with E-state index in [0.717, 1.165) is 5.56 Å². The van der Waals surface area contributed by atoms with E-state index in [2.05, 4.69) is 15.6 Å². The van der Waals surface area contributed by atoms with Crippen LogP contribution >= 0.6 is 0 Å². The molecular weight excluding hydrogens is 363 g/mol. The first-order chi connectivity index (χ1) is 13.3. The summed E-state index contributed by atoms with van der Waals surface area (Å²) in [6.45, 7) is 1.91. The van der Waals surface area contributed by atoms with Crippen molar-refractivity contribution in [2.45, 2.75) is 19.1 Å². The number of aromatic nitrogens is 1. The molecule has 0 aliphatic heterocycles. The molecule has 7 nitrogen and oxygen atoms in total. The lowest BCUT2D eigenvalue weighted by Gasteiger charge is -2.20. The number of aliphatic hydroxyl groups is 1. The number of rotatable bonds is 9. The van der Waals surface area contributed by atoms with Crippen LogP contribution < -0.4 is 10.6 Å². The standard InChI is InChI=1S/C20H25FN4O3/c1-14(15-5-7-17(21)8-6-15)24-19(27)11-23-20(28)13-25(2)12-18(26)16-4-3-9-22-10-16/h3-10,14,18,26H,11-13H2,1-2H3,(H,23,28)(H,24,27). The van der Waals surface area contributed by atoms with E-state index in [0.29, 0.717) is 5.56 Å². The average molecular weight is 388 g/mol. The summed E-state index contributed by atoms with van der Waals surface area (Å²) in [6.07, 6.45) is 2.44. The molecule has 2 rings (SSSR count). The average Bonchev–Trinajstić information content (AvgIpc) is 2.67. The van der Waals surface area contributed by atoms with Gasteiger partial charge in [0.1, 0.15) is 5.82 Å². The number of pyridine rings is 1. The molecule has 1 heterocycles. The van der Waals surface area contributed by atoms with Crippen LogP contribution in [0.5, 0.6) is 0 Å². The summed E-state index contributed by atoms with van der Waals surface area (Å²) in [4.78, 5) is 29.6. The predicted molar refractivity (Wildman–Crippen MR) is 103 cm³/mol. The maximum atomic E-state index is 12.9. The fourth-order valence-corrected chi connectivity index (χ4v) is 2.65. The minimum absolute atomic E-state index is 0.0398. The highest BCUT2D eigenvalue weighted by Gasteiger charge is 2.15. The number of carbonyl (C=O) groups excluding carboxylic acids is 2. The Balaban J connectivity index is 1.70. The third-order valence-electron chi connectivity index (χ3n) is 4.16. The number of carbonyl (C=O) groups is 2. The summed E-state index contributed by atoms with van der Waals surface area (Å²) < 4.78 is 12.9. The molecular formula is C20H25FN4O3. The highest BCUT2D eigenvalue weighted by atomic mass is 19.1. The first kappa shape index (κ1) is 21.5. The van der Waals surface area contributed by atoms with Gasteiger partial charge >= 0.3 is 0 Å². The molecule has 2 unspecified atom stereocenters. The van der Waals surface area contributed by atoms with E-state index < -0.39 is 6.10 Å². The van der Waals surface area contributed by atoms with Crippen molar-refractivity contribution in [1.82, 2.24) is 20.5 Å². The first-order valence-electron chi connectivity index (χ1n) is 8.93. The minimum Gasteiger partial charge on any atom is -0.387 e. The Morgan fingerprint density at radius 3 is 2.54 bits per heavy atom. The number of nitrogens with zero attached hydrogens (tertiary/aromatic N) is 2. The van der Waals surface area contributed by atoms with Crippen molar-refractivity contribution in [3.8, 4) is 0 Å². The molecule has 0 bridgehead atoms. The van der Waals surface area contributed by atoms with Crippen LogP contribution in [0.2, 0.25) is 0 Å². The van der Waals surface area contributed by atoms with E-state index in [-0.39, 0.29) is 43.3 Å². The molecule has 8 heteroatoms. The number of hydrogen-bond donors (Lipinski definition) is 3. The largest absolute Gasteiger partial charge is 0.387 e. The quantitative estimate of drug-likeness (QED) is 0.600. The second kappa shape index (κ2) is 10.5. The highest BCUT2D eigenvalue weighted by Crippen LogP contribution is 2.13. The number of likely N-dealkylation sites (N-methyl/N-ethyl adjacent to an activating group) is 1.